The molecule has 4 heteroatoms. The summed E-state index contributed by atoms with van der Waals surface area (Å²) in [5.74, 6) is 0.904. The summed E-state index contributed by atoms with van der Waals surface area (Å²) in [6.07, 6.45) is 10.7. The van der Waals surface area contributed by atoms with Gasteiger partial charge in [0.05, 0.1) is 0 Å². The van der Waals surface area contributed by atoms with E-state index >= 15 is 0 Å². The first kappa shape index (κ1) is 17.0. The molecule has 1 aliphatic heterocycles. The number of nitrogens with one attached hydrogen (secondary N) is 1. The summed E-state index contributed by atoms with van der Waals surface area (Å²) in [5.41, 5.74) is 0. The molecule has 2 aliphatic rings. The molecular formula is C19H30N2OS. The highest BCUT2D eigenvalue weighted by Gasteiger charge is 2.28. The first-order valence-electron chi connectivity index (χ1n) is 9.35. The van der Waals surface area contributed by atoms with Crippen LogP contribution in [0.2, 0.25) is 0 Å². The highest BCUT2D eigenvalue weighted by molar-refractivity contribution is 7.09. The lowest BCUT2D eigenvalue weighted by Gasteiger charge is -2.37. The van der Waals surface area contributed by atoms with Crippen LogP contribution in [-0.2, 0) is 11.2 Å². The van der Waals surface area contributed by atoms with E-state index in [1.54, 1.807) is 11.3 Å². The van der Waals surface area contributed by atoms with E-state index < -0.39 is 0 Å². The lowest BCUT2D eigenvalue weighted by atomic mass is 9.83. The number of hydrogen-bond donors (Lipinski definition) is 1. The van der Waals surface area contributed by atoms with E-state index in [2.05, 4.69) is 27.7 Å². The van der Waals surface area contributed by atoms with Crippen LogP contribution in [0, 0.1) is 5.92 Å². The van der Waals surface area contributed by atoms with Gasteiger partial charge in [-0.05, 0) is 62.6 Å². The van der Waals surface area contributed by atoms with Gasteiger partial charge in [0.25, 0.3) is 0 Å². The molecule has 1 aromatic rings. The first-order chi connectivity index (χ1) is 11.3. The van der Waals surface area contributed by atoms with Crippen LogP contribution in [0.4, 0.5) is 0 Å². The summed E-state index contributed by atoms with van der Waals surface area (Å²) in [7, 11) is 0. The van der Waals surface area contributed by atoms with Gasteiger partial charge in [0.1, 0.15) is 0 Å². The van der Waals surface area contributed by atoms with Crippen LogP contribution in [0.3, 0.4) is 0 Å². The molecule has 23 heavy (non-hydrogen) atoms. The molecule has 3 nitrogen and oxygen atoms in total. The molecule has 1 aliphatic carbocycles. The zero-order valence-electron chi connectivity index (χ0n) is 14.1. The highest BCUT2D eigenvalue weighted by atomic mass is 32.1. The van der Waals surface area contributed by atoms with Crippen molar-refractivity contribution < 1.29 is 4.79 Å². The fourth-order valence-corrected chi connectivity index (χ4v) is 4.77. The van der Waals surface area contributed by atoms with E-state index in [0.717, 1.165) is 6.42 Å². The molecule has 0 bridgehead atoms. The van der Waals surface area contributed by atoms with Crippen molar-refractivity contribution in [3.63, 3.8) is 0 Å². The van der Waals surface area contributed by atoms with Gasteiger partial charge >= 0.3 is 0 Å². The van der Waals surface area contributed by atoms with Gasteiger partial charge in [-0.1, -0.05) is 25.3 Å². The molecule has 2 atom stereocenters. The second-order valence-corrected chi connectivity index (χ2v) is 8.19. The Labute approximate surface area is 144 Å². The van der Waals surface area contributed by atoms with Crippen molar-refractivity contribution in [1.29, 1.82) is 0 Å². The first-order valence-corrected chi connectivity index (χ1v) is 10.2. The number of carbonyl (C=O) groups is 1. The molecule has 3 rings (SSSR count). The van der Waals surface area contributed by atoms with Crippen molar-refractivity contribution in [2.75, 3.05) is 19.6 Å². The van der Waals surface area contributed by atoms with Crippen molar-refractivity contribution in [1.82, 2.24) is 10.2 Å². The predicted molar refractivity (Wildman–Crippen MR) is 96.8 cm³/mol. The Balaban J connectivity index is 1.46. The Morgan fingerprint density at radius 3 is 2.78 bits per heavy atom. The summed E-state index contributed by atoms with van der Waals surface area (Å²) in [6.45, 7) is 3.71. The number of piperidine rings is 1. The van der Waals surface area contributed by atoms with Crippen LogP contribution in [0.15, 0.2) is 17.5 Å². The summed E-state index contributed by atoms with van der Waals surface area (Å²) >= 11 is 1.75. The standard InChI is InChI=1S/C19H30N2OS/c22-19(11-10-17-8-6-14-23-17)20-18-9-3-2-7-16(18)15-21-12-4-1-5-13-21/h6,8,14,16,18H,1-5,7,9-13,15H2,(H,20,22)/t16-,18?/m0/s1. The molecule has 1 amide bonds. The number of aryl methyl sites for hydroxylation is 1. The van der Waals surface area contributed by atoms with Crippen molar-refractivity contribution in [3.8, 4) is 0 Å². The molecule has 1 aromatic heterocycles. The normalized spacial score (nSPS) is 26.1. The molecule has 128 valence electrons. The van der Waals surface area contributed by atoms with Crippen molar-refractivity contribution in [3.05, 3.63) is 22.4 Å². The largest absolute Gasteiger partial charge is 0.353 e. The lowest BCUT2D eigenvalue weighted by Crippen LogP contribution is -2.47. The van der Waals surface area contributed by atoms with Crippen LogP contribution in [-0.4, -0.2) is 36.5 Å². The summed E-state index contributed by atoms with van der Waals surface area (Å²) in [6, 6.07) is 4.59. The minimum Gasteiger partial charge on any atom is -0.353 e. The van der Waals surface area contributed by atoms with Gasteiger partial charge in [-0.25, -0.2) is 0 Å². The van der Waals surface area contributed by atoms with Gasteiger partial charge in [0, 0.05) is 23.9 Å². The molecule has 0 radical (unpaired) electrons. The Morgan fingerprint density at radius 1 is 1.17 bits per heavy atom. The van der Waals surface area contributed by atoms with Crippen molar-refractivity contribution in [2.45, 2.75) is 63.8 Å². The van der Waals surface area contributed by atoms with Crippen molar-refractivity contribution >= 4 is 17.2 Å². The van der Waals surface area contributed by atoms with Gasteiger partial charge in [0.15, 0.2) is 0 Å². The number of hydrogen-bond acceptors (Lipinski definition) is 3. The fourth-order valence-electron chi connectivity index (χ4n) is 4.06. The number of rotatable bonds is 6. The second kappa shape index (κ2) is 8.84. The minimum atomic E-state index is 0.244. The smallest absolute Gasteiger partial charge is 0.220 e. The third-order valence-corrected chi connectivity index (χ3v) is 6.31. The van der Waals surface area contributed by atoms with Crippen LogP contribution in [0.25, 0.3) is 0 Å². The van der Waals surface area contributed by atoms with E-state index in [1.165, 1.54) is 69.5 Å². The van der Waals surface area contributed by atoms with Crippen LogP contribution >= 0.6 is 11.3 Å². The van der Waals surface area contributed by atoms with Crippen molar-refractivity contribution in [2.24, 2.45) is 5.92 Å². The van der Waals surface area contributed by atoms with Gasteiger partial charge in [0.2, 0.25) is 5.91 Å². The average Bonchev–Trinajstić information content (AvgIpc) is 3.09. The Morgan fingerprint density at radius 2 is 2.00 bits per heavy atom. The lowest BCUT2D eigenvalue weighted by molar-refractivity contribution is -0.122. The number of likely N-dealkylation sites (tertiary alicyclic amines) is 1. The molecule has 0 aromatic carbocycles. The van der Waals surface area contributed by atoms with E-state index in [4.69, 9.17) is 0 Å². The van der Waals surface area contributed by atoms with Gasteiger partial charge < -0.3 is 10.2 Å². The molecular weight excluding hydrogens is 304 g/mol. The van der Waals surface area contributed by atoms with Gasteiger partial charge in [-0.2, -0.15) is 0 Å². The molecule has 1 saturated carbocycles. The molecule has 1 unspecified atom stereocenters. The monoisotopic (exact) mass is 334 g/mol. The minimum absolute atomic E-state index is 0.244. The quantitative estimate of drug-likeness (QED) is 0.857. The molecule has 2 heterocycles. The summed E-state index contributed by atoms with van der Waals surface area (Å²) in [4.78, 5) is 16.3. The Bertz CT molecular complexity index is 468. The third kappa shape index (κ3) is 5.32. The van der Waals surface area contributed by atoms with E-state index in [-0.39, 0.29) is 5.91 Å². The number of amides is 1. The third-order valence-electron chi connectivity index (χ3n) is 5.38. The topological polar surface area (TPSA) is 32.3 Å². The summed E-state index contributed by atoms with van der Waals surface area (Å²) < 4.78 is 0. The SMILES string of the molecule is O=C(CCc1cccs1)NC1CCCC[C@H]1CN1CCCCC1. The Kier molecular flexibility index (Phi) is 6.52. The molecule has 1 N–H and O–H groups in total. The maximum atomic E-state index is 12.3. The van der Waals surface area contributed by atoms with E-state index in [0.29, 0.717) is 18.4 Å². The predicted octanol–water partition coefficient (Wildman–Crippen LogP) is 3.84. The fraction of sp³-hybridized carbons (Fsp3) is 0.737. The zero-order valence-corrected chi connectivity index (χ0v) is 15.0. The highest BCUT2D eigenvalue weighted by Crippen LogP contribution is 2.26. The number of thiophene rings is 1. The maximum absolute atomic E-state index is 12.3. The maximum Gasteiger partial charge on any atom is 0.220 e. The average molecular weight is 335 g/mol. The van der Waals surface area contributed by atoms with Gasteiger partial charge in [-0.3, -0.25) is 4.79 Å². The van der Waals surface area contributed by atoms with E-state index in [1.807, 2.05) is 0 Å². The van der Waals surface area contributed by atoms with Crippen LogP contribution in [0.1, 0.15) is 56.2 Å². The number of carbonyl (C=O) groups excluding carboxylic acids is 1. The van der Waals surface area contributed by atoms with Crippen LogP contribution in [0.5, 0.6) is 0 Å². The zero-order chi connectivity index (χ0) is 15.9. The summed E-state index contributed by atoms with van der Waals surface area (Å²) in [5, 5.41) is 5.45. The Hall–Kier alpha value is -0.870. The second-order valence-electron chi connectivity index (χ2n) is 7.16. The van der Waals surface area contributed by atoms with Gasteiger partial charge in [-0.15, -0.1) is 11.3 Å². The molecule has 2 fully saturated rings. The number of nitrogens with zero attached hydrogens (tertiary/aromatic N) is 1. The molecule has 1 saturated heterocycles. The van der Waals surface area contributed by atoms with E-state index in [9.17, 15) is 4.79 Å². The van der Waals surface area contributed by atoms with Crippen LogP contribution < -0.4 is 5.32 Å². The molecule has 0 spiro atoms.